The number of amidine groups is 1. The number of carboxylic acid groups (broad SMARTS) is 1. The first-order valence-electron chi connectivity index (χ1n) is 4.55. The van der Waals surface area contributed by atoms with Gasteiger partial charge in [-0.05, 0) is 13.8 Å². The number of halogens is 2. The van der Waals surface area contributed by atoms with Crippen molar-refractivity contribution in [3.8, 4) is 0 Å². The van der Waals surface area contributed by atoms with Crippen molar-refractivity contribution in [3.05, 3.63) is 11.7 Å². The number of hydrogen-bond acceptors (Lipinski definition) is 3. The molecule has 1 atom stereocenters. The van der Waals surface area contributed by atoms with Crippen LogP contribution in [0.3, 0.4) is 0 Å². The van der Waals surface area contributed by atoms with Crippen molar-refractivity contribution in [1.29, 1.82) is 5.41 Å². The standard InChI is InChI=1S/C9H15F2N3O2/c1-5(12)14-4-3-6(10)7(11)9(2,13)8(15)16/h3-4,13H2,1-2H3,(H2,12,14)(H,15,16)/b7-6+/t9-/m1/s1. The van der Waals surface area contributed by atoms with E-state index in [4.69, 9.17) is 16.2 Å². The Hall–Kier alpha value is -1.50. The molecule has 0 aliphatic heterocycles. The maximum Gasteiger partial charge on any atom is 0.330 e. The highest BCUT2D eigenvalue weighted by molar-refractivity contribution is 5.81. The molecule has 0 saturated heterocycles. The van der Waals surface area contributed by atoms with E-state index in [1.54, 1.807) is 0 Å². The Bertz CT molecular complexity index is 327. The normalized spacial score (nSPS) is 16.1. The molecule has 0 rings (SSSR count). The van der Waals surface area contributed by atoms with Crippen LogP contribution >= 0.6 is 0 Å². The van der Waals surface area contributed by atoms with E-state index < -0.39 is 23.2 Å². The predicted octanol–water partition coefficient (Wildman–Crippen LogP) is 0.916. The van der Waals surface area contributed by atoms with Gasteiger partial charge >= 0.3 is 5.97 Å². The van der Waals surface area contributed by atoms with Crippen LogP contribution in [0.5, 0.6) is 0 Å². The first-order valence-corrected chi connectivity index (χ1v) is 4.55. The molecule has 0 radical (unpaired) electrons. The molecule has 0 bridgehead atoms. The average Bonchev–Trinajstić information content (AvgIpc) is 2.15. The van der Waals surface area contributed by atoms with Gasteiger partial charge in [-0.3, -0.25) is 5.41 Å². The van der Waals surface area contributed by atoms with Gasteiger partial charge in [0.2, 0.25) is 0 Å². The molecule has 0 unspecified atom stereocenters. The van der Waals surface area contributed by atoms with Crippen LogP contribution in [0.4, 0.5) is 8.78 Å². The van der Waals surface area contributed by atoms with E-state index in [1.807, 2.05) is 0 Å². The third kappa shape index (κ3) is 3.93. The largest absolute Gasteiger partial charge is 0.480 e. The van der Waals surface area contributed by atoms with Crippen molar-refractivity contribution in [2.45, 2.75) is 25.8 Å². The van der Waals surface area contributed by atoms with Gasteiger partial charge in [-0.15, -0.1) is 0 Å². The molecule has 0 heterocycles. The van der Waals surface area contributed by atoms with Crippen molar-refractivity contribution in [2.24, 2.45) is 5.73 Å². The van der Waals surface area contributed by atoms with Crippen LogP contribution in [0.2, 0.25) is 0 Å². The van der Waals surface area contributed by atoms with E-state index in [1.165, 1.54) is 6.92 Å². The van der Waals surface area contributed by atoms with E-state index >= 15 is 0 Å². The fourth-order valence-electron chi connectivity index (χ4n) is 0.845. The fourth-order valence-corrected chi connectivity index (χ4v) is 0.845. The Balaban J connectivity index is 4.58. The molecule has 0 fully saturated rings. The van der Waals surface area contributed by atoms with Crippen LogP contribution in [0.25, 0.3) is 0 Å². The molecule has 0 aliphatic carbocycles. The second-order valence-corrected chi connectivity index (χ2v) is 3.53. The highest BCUT2D eigenvalue weighted by Gasteiger charge is 2.36. The molecular formula is C9H15F2N3O2. The molecule has 92 valence electrons. The lowest BCUT2D eigenvalue weighted by molar-refractivity contribution is -0.141. The van der Waals surface area contributed by atoms with Gasteiger partial charge in [0.05, 0.1) is 5.84 Å². The molecule has 0 aromatic carbocycles. The molecular weight excluding hydrogens is 220 g/mol. The minimum atomic E-state index is -2.36. The number of nitrogens with two attached hydrogens (primary N) is 1. The first kappa shape index (κ1) is 14.5. The van der Waals surface area contributed by atoms with Gasteiger partial charge in [-0.1, -0.05) is 0 Å². The molecule has 0 aliphatic rings. The lowest BCUT2D eigenvalue weighted by Crippen LogP contribution is -2.46. The van der Waals surface area contributed by atoms with Crippen LogP contribution in [-0.4, -0.2) is 29.0 Å². The average molecular weight is 235 g/mol. The van der Waals surface area contributed by atoms with Crippen LogP contribution in [0.15, 0.2) is 11.7 Å². The fraction of sp³-hybridized carbons (Fsp3) is 0.556. The molecule has 5 N–H and O–H groups in total. The summed E-state index contributed by atoms with van der Waals surface area (Å²) in [6.07, 6.45) is -0.359. The molecule has 0 aromatic rings. The zero-order chi connectivity index (χ0) is 12.9. The van der Waals surface area contributed by atoms with Gasteiger partial charge in [0.15, 0.2) is 11.4 Å². The lowest BCUT2D eigenvalue weighted by Gasteiger charge is -2.17. The van der Waals surface area contributed by atoms with E-state index in [-0.39, 0.29) is 18.8 Å². The number of hydrogen-bond donors (Lipinski definition) is 4. The van der Waals surface area contributed by atoms with Gasteiger partial charge < -0.3 is 16.2 Å². The van der Waals surface area contributed by atoms with Crippen molar-refractivity contribution in [1.82, 2.24) is 5.32 Å². The second-order valence-electron chi connectivity index (χ2n) is 3.53. The summed E-state index contributed by atoms with van der Waals surface area (Å²) >= 11 is 0. The summed E-state index contributed by atoms with van der Waals surface area (Å²) in [5, 5.41) is 18.0. The minimum absolute atomic E-state index is 0.00425. The van der Waals surface area contributed by atoms with Crippen LogP contribution < -0.4 is 11.1 Å². The quantitative estimate of drug-likeness (QED) is 0.420. The van der Waals surface area contributed by atoms with E-state index in [2.05, 4.69) is 5.32 Å². The Morgan fingerprint density at radius 1 is 1.56 bits per heavy atom. The van der Waals surface area contributed by atoms with Gasteiger partial charge in [-0.25, -0.2) is 13.6 Å². The molecule has 0 amide bonds. The summed E-state index contributed by atoms with van der Waals surface area (Å²) in [5.41, 5.74) is 2.74. The summed E-state index contributed by atoms with van der Waals surface area (Å²) in [6, 6.07) is 0. The van der Waals surface area contributed by atoms with Crippen LogP contribution in [-0.2, 0) is 4.79 Å². The van der Waals surface area contributed by atoms with Gasteiger partial charge in [0, 0.05) is 13.0 Å². The summed E-state index contributed by atoms with van der Waals surface area (Å²) in [4.78, 5) is 10.5. The number of carboxylic acids is 1. The van der Waals surface area contributed by atoms with Gasteiger partial charge in [-0.2, -0.15) is 0 Å². The second kappa shape index (κ2) is 5.55. The molecule has 0 aromatic heterocycles. The molecule has 7 heteroatoms. The Morgan fingerprint density at radius 2 is 2.06 bits per heavy atom. The zero-order valence-corrected chi connectivity index (χ0v) is 9.10. The zero-order valence-electron chi connectivity index (χ0n) is 9.10. The van der Waals surface area contributed by atoms with Gasteiger partial charge in [0.1, 0.15) is 5.83 Å². The Kier molecular flexibility index (Phi) is 5.03. The number of nitrogens with one attached hydrogen (secondary N) is 2. The highest BCUT2D eigenvalue weighted by Crippen LogP contribution is 2.22. The molecule has 5 nitrogen and oxygen atoms in total. The van der Waals surface area contributed by atoms with E-state index in [0.29, 0.717) is 0 Å². The van der Waals surface area contributed by atoms with Crippen LogP contribution in [0.1, 0.15) is 20.3 Å². The summed E-state index contributed by atoms with van der Waals surface area (Å²) in [5.74, 6) is -4.25. The van der Waals surface area contributed by atoms with Crippen molar-refractivity contribution < 1.29 is 18.7 Å². The Labute approximate surface area is 91.8 Å². The maximum absolute atomic E-state index is 13.3. The third-order valence-electron chi connectivity index (χ3n) is 1.87. The summed E-state index contributed by atoms with van der Waals surface area (Å²) < 4.78 is 26.4. The number of aliphatic carboxylic acids is 1. The van der Waals surface area contributed by atoms with Crippen molar-refractivity contribution in [2.75, 3.05) is 6.54 Å². The third-order valence-corrected chi connectivity index (χ3v) is 1.87. The predicted molar refractivity (Wildman–Crippen MR) is 55.5 cm³/mol. The maximum atomic E-state index is 13.3. The summed E-state index contributed by atoms with van der Waals surface area (Å²) in [7, 11) is 0. The number of carbonyl (C=O) groups is 1. The first-order chi connectivity index (χ1) is 7.19. The van der Waals surface area contributed by atoms with Gasteiger partial charge in [0.25, 0.3) is 0 Å². The summed E-state index contributed by atoms with van der Waals surface area (Å²) in [6.45, 7) is 2.33. The highest BCUT2D eigenvalue weighted by atomic mass is 19.2. The monoisotopic (exact) mass is 235 g/mol. The lowest BCUT2D eigenvalue weighted by atomic mass is 10.0. The topological polar surface area (TPSA) is 99.2 Å². The SMILES string of the molecule is CC(=N)NCC/C(F)=C(\F)[C@@](C)(N)C(=O)O. The van der Waals surface area contributed by atoms with Crippen LogP contribution in [0, 0.1) is 5.41 Å². The Morgan fingerprint density at radius 3 is 2.44 bits per heavy atom. The smallest absolute Gasteiger partial charge is 0.330 e. The number of rotatable bonds is 5. The molecule has 0 saturated carbocycles. The molecule has 0 spiro atoms. The van der Waals surface area contributed by atoms with Crippen molar-refractivity contribution >= 4 is 11.8 Å². The van der Waals surface area contributed by atoms with E-state index in [9.17, 15) is 13.6 Å². The molecule has 16 heavy (non-hydrogen) atoms. The van der Waals surface area contributed by atoms with Crippen molar-refractivity contribution in [3.63, 3.8) is 0 Å². The van der Waals surface area contributed by atoms with E-state index in [0.717, 1.165) is 6.92 Å². The minimum Gasteiger partial charge on any atom is -0.480 e.